The molecular weight excluding hydrogens is 372 g/mol. The molecule has 2 aliphatic rings. The molecule has 2 atom stereocenters. The molecule has 146 valence electrons. The van der Waals surface area contributed by atoms with Crippen LogP contribution in [0.15, 0.2) is 59.6 Å². The lowest BCUT2D eigenvalue weighted by atomic mass is 9.84. The number of fused-ring (bicyclic) bond motifs is 3. The van der Waals surface area contributed by atoms with Gasteiger partial charge in [-0.3, -0.25) is 9.80 Å². The summed E-state index contributed by atoms with van der Waals surface area (Å²) in [4.78, 5) is 13.5. The quantitative estimate of drug-likeness (QED) is 0.780. The van der Waals surface area contributed by atoms with Crippen LogP contribution in [0.2, 0.25) is 0 Å². The van der Waals surface area contributed by atoms with E-state index in [1.165, 1.54) is 0 Å². The van der Waals surface area contributed by atoms with Crippen LogP contribution in [-0.2, 0) is 14.8 Å². The number of benzene rings is 2. The number of hydrazine groups is 1. The Balaban J connectivity index is 1.83. The van der Waals surface area contributed by atoms with Crippen molar-refractivity contribution in [1.82, 2.24) is 9.42 Å². The first-order valence-electron chi connectivity index (χ1n) is 9.52. The maximum absolute atomic E-state index is 13.4. The normalized spacial score (nSPS) is 21.2. The smallest absolute Gasteiger partial charge is 0.271 e. The van der Waals surface area contributed by atoms with Crippen molar-refractivity contribution in [2.75, 3.05) is 0 Å². The molecule has 1 fully saturated rings. The second-order valence-electron chi connectivity index (χ2n) is 7.90. The molecule has 0 spiro atoms. The summed E-state index contributed by atoms with van der Waals surface area (Å²) in [5, 5.41) is 1.60. The average molecular weight is 397 g/mol. The summed E-state index contributed by atoms with van der Waals surface area (Å²) in [5.74, 6) is -0.497. The molecule has 28 heavy (non-hydrogen) atoms. The minimum Gasteiger partial charge on any atom is -0.271 e. The molecule has 0 aromatic heterocycles. The first-order chi connectivity index (χ1) is 13.3. The van der Waals surface area contributed by atoms with E-state index in [0.717, 1.165) is 21.1 Å². The summed E-state index contributed by atoms with van der Waals surface area (Å²) in [5.41, 5.74) is 2.99. The van der Waals surface area contributed by atoms with E-state index in [4.69, 9.17) is 0 Å². The minimum absolute atomic E-state index is 0.127. The molecule has 4 rings (SSSR count). The Kier molecular flexibility index (Phi) is 4.54. The van der Waals surface area contributed by atoms with Crippen LogP contribution in [0.1, 0.15) is 43.0 Å². The Labute approximate surface area is 166 Å². The lowest BCUT2D eigenvalue weighted by molar-refractivity contribution is -0.130. The van der Waals surface area contributed by atoms with Gasteiger partial charge in [-0.15, -0.1) is 4.41 Å². The summed E-state index contributed by atoms with van der Waals surface area (Å²) < 4.78 is 27.7. The lowest BCUT2D eigenvalue weighted by Gasteiger charge is -2.34. The van der Waals surface area contributed by atoms with Crippen molar-refractivity contribution < 1.29 is 13.2 Å². The summed E-state index contributed by atoms with van der Waals surface area (Å²) in [6.07, 6.45) is 4.22. The molecule has 1 amide bonds. The highest BCUT2D eigenvalue weighted by Gasteiger charge is 2.52. The number of amides is 1. The second kappa shape index (κ2) is 6.78. The largest absolute Gasteiger partial charge is 0.284 e. The fraction of sp³-hybridized carbons (Fsp3) is 0.318. The van der Waals surface area contributed by atoms with Gasteiger partial charge in [0.25, 0.3) is 15.9 Å². The Morgan fingerprint density at radius 2 is 1.71 bits per heavy atom. The Morgan fingerprint density at radius 3 is 2.39 bits per heavy atom. The van der Waals surface area contributed by atoms with E-state index >= 15 is 0 Å². The molecule has 6 heteroatoms. The number of hydrogen-bond donors (Lipinski definition) is 0. The molecule has 2 aromatic carbocycles. The number of hydrogen-bond acceptors (Lipinski definition) is 4. The van der Waals surface area contributed by atoms with Crippen LogP contribution in [0.3, 0.4) is 0 Å². The summed E-state index contributed by atoms with van der Waals surface area (Å²) in [6, 6.07) is 14.2. The third kappa shape index (κ3) is 2.92. The van der Waals surface area contributed by atoms with Crippen LogP contribution in [0, 0.1) is 18.8 Å². The van der Waals surface area contributed by atoms with Gasteiger partial charge >= 0.3 is 0 Å². The molecular formula is C22H24N2O3S. The van der Waals surface area contributed by atoms with Crippen molar-refractivity contribution in [3.63, 3.8) is 0 Å². The molecule has 0 saturated carbocycles. The third-order valence-electron chi connectivity index (χ3n) is 5.37. The predicted molar refractivity (Wildman–Crippen MR) is 108 cm³/mol. The van der Waals surface area contributed by atoms with Crippen LogP contribution >= 0.6 is 0 Å². The summed E-state index contributed by atoms with van der Waals surface area (Å²) in [6.45, 7) is 6.01. The standard InChI is InChI=1S/C22H24N2O3S/c1-15(2)14-20-21-19-7-5-4-6-17(19)12-13-23(21)24(22(20)25)28(26,27)18-10-8-16(3)9-11-18/h4-13,15,20-21H,14H2,1-3H3/t20-,21+/m0/s1. The van der Waals surface area contributed by atoms with Gasteiger partial charge in [-0.2, -0.15) is 8.42 Å². The van der Waals surface area contributed by atoms with Crippen LogP contribution in [-0.4, -0.2) is 23.7 Å². The number of aryl methyl sites for hydroxylation is 1. The molecule has 0 aliphatic carbocycles. The van der Waals surface area contributed by atoms with Crippen molar-refractivity contribution in [3.8, 4) is 0 Å². The van der Waals surface area contributed by atoms with Gasteiger partial charge in [-0.25, -0.2) is 0 Å². The Morgan fingerprint density at radius 1 is 1.04 bits per heavy atom. The third-order valence-corrected chi connectivity index (χ3v) is 7.07. The topological polar surface area (TPSA) is 57.7 Å². The number of carbonyl (C=O) groups excluding carboxylic acids is 1. The van der Waals surface area contributed by atoms with E-state index in [2.05, 4.69) is 13.8 Å². The molecule has 2 heterocycles. The predicted octanol–water partition coefficient (Wildman–Crippen LogP) is 4.13. The maximum Gasteiger partial charge on any atom is 0.284 e. The van der Waals surface area contributed by atoms with Crippen LogP contribution < -0.4 is 0 Å². The molecule has 2 aromatic rings. The molecule has 0 unspecified atom stereocenters. The van der Waals surface area contributed by atoms with Crippen molar-refractivity contribution in [2.24, 2.45) is 11.8 Å². The van der Waals surface area contributed by atoms with Gasteiger partial charge in [0.05, 0.1) is 16.9 Å². The fourth-order valence-electron chi connectivity index (χ4n) is 4.08. The summed E-state index contributed by atoms with van der Waals surface area (Å²) >= 11 is 0. The Hall–Kier alpha value is -2.60. The first kappa shape index (κ1) is 18.7. The number of sulfonamides is 1. The van der Waals surface area contributed by atoms with Crippen LogP contribution in [0.5, 0.6) is 0 Å². The van der Waals surface area contributed by atoms with Crippen molar-refractivity contribution in [1.29, 1.82) is 0 Å². The van der Waals surface area contributed by atoms with E-state index in [-0.39, 0.29) is 22.8 Å². The molecule has 0 radical (unpaired) electrons. The number of rotatable bonds is 4. The van der Waals surface area contributed by atoms with E-state index in [1.807, 2.05) is 37.3 Å². The minimum atomic E-state index is -3.99. The second-order valence-corrected chi connectivity index (χ2v) is 9.67. The molecule has 1 saturated heterocycles. The maximum atomic E-state index is 13.4. The van der Waals surface area contributed by atoms with Gasteiger partial charge in [0.2, 0.25) is 0 Å². The van der Waals surface area contributed by atoms with Gasteiger partial charge in [-0.05, 0) is 48.6 Å². The summed E-state index contributed by atoms with van der Waals surface area (Å²) in [7, 11) is -3.99. The SMILES string of the molecule is Cc1ccc(S(=O)(=O)N2C(=O)[C@@H](CC(C)C)[C@H]3c4ccccc4C=CN32)cc1. The monoisotopic (exact) mass is 396 g/mol. The molecule has 0 bridgehead atoms. The number of nitrogens with zero attached hydrogens (tertiary/aromatic N) is 2. The molecule has 2 aliphatic heterocycles. The van der Waals surface area contributed by atoms with E-state index in [0.29, 0.717) is 6.42 Å². The Bertz CT molecular complexity index is 1040. The molecule has 5 nitrogen and oxygen atoms in total. The van der Waals surface area contributed by atoms with Gasteiger partial charge in [0.1, 0.15) is 0 Å². The van der Waals surface area contributed by atoms with Gasteiger partial charge in [0, 0.05) is 6.20 Å². The average Bonchev–Trinajstić information content (AvgIpc) is 2.94. The van der Waals surface area contributed by atoms with E-state index in [1.54, 1.807) is 35.5 Å². The lowest BCUT2D eigenvalue weighted by Crippen LogP contribution is -2.42. The first-order valence-corrected chi connectivity index (χ1v) is 11.0. The van der Waals surface area contributed by atoms with Crippen LogP contribution in [0.25, 0.3) is 6.08 Å². The van der Waals surface area contributed by atoms with E-state index < -0.39 is 15.9 Å². The van der Waals surface area contributed by atoms with Gasteiger partial charge < -0.3 is 0 Å². The highest BCUT2D eigenvalue weighted by Crippen LogP contribution is 2.46. The van der Waals surface area contributed by atoms with Crippen molar-refractivity contribution in [2.45, 2.75) is 38.1 Å². The molecule has 0 N–H and O–H groups in total. The fourth-order valence-corrected chi connectivity index (χ4v) is 5.54. The zero-order valence-electron chi connectivity index (χ0n) is 16.2. The highest BCUT2D eigenvalue weighted by molar-refractivity contribution is 7.89. The number of carbonyl (C=O) groups is 1. The van der Waals surface area contributed by atoms with Gasteiger partial charge in [-0.1, -0.05) is 55.8 Å². The van der Waals surface area contributed by atoms with Crippen molar-refractivity contribution in [3.05, 3.63) is 71.4 Å². The zero-order chi connectivity index (χ0) is 20.1. The van der Waals surface area contributed by atoms with Crippen LogP contribution in [0.4, 0.5) is 0 Å². The van der Waals surface area contributed by atoms with Crippen molar-refractivity contribution >= 4 is 22.0 Å². The highest BCUT2D eigenvalue weighted by atomic mass is 32.2. The zero-order valence-corrected chi connectivity index (χ0v) is 17.1. The van der Waals surface area contributed by atoms with E-state index in [9.17, 15) is 13.2 Å². The van der Waals surface area contributed by atoms with Gasteiger partial charge in [0.15, 0.2) is 0 Å².